The topological polar surface area (TPSA) is 106 Å². The van der Waals surface area contributed by atoms with Gasteiger partial charge in [0.2, 0.25) is 4.96 Å². The summed E-state index contributed by atoms with van der Waals surface area (Å²) >= 11 is 1.24. The van der Waals surface area contributed by atoms with Crippen LogP contribution in [0.15, 0.2) is 53.3 Å². The Morgan fingerprint density at radius 1 is 1.04 bits per heavy atom. The first-order chi connectivity index (χ1) is 11.6. The number of nitrogens with two attached hydrogens (primary N) is 1. The maximum atomic E-state index is 12.7. The zero-order chi connectivity index (χ0) is 16.7. The first-order valence-electron chi connectivity index (χ1n) is 7.04. The van der Waals surface area contributed by atoms with E-state index in [1.54, 1.807) is 48.5 Å². The average Bonchev–Trinajstić information content (AvgIpc) is 3.02. The minimum absolute atomic E-state index is 0.160. The SMILES string of the molecule is Nc1ccccc1-c1nnc2sc(-c3ccc(O)cc3)nn2c1=O. The van der Waals surface area contributed by atoms with Gasteiger partial charge in [-0.1, -0.05) is 29.5 Å². The molecule has 24 heavy (non-hydrogen) atoms. The zero-order valence-corrected chi connectivity index (χ0v) is 13.1. The van der Waals surface area contributed by atoms with Gasteiger partial charge in [0.1, 0.15) is 10.8 Å². The lowest BCUT2D eigenvalue weighted by molar-refractivity contribution is 0.475. The predicted molar refractivity (Wildman–Crippen MR) is 91.9 cm³/mol. The lowest BCUT2D eigenvalue weighted by Crippen LogP contribution is -2.19. The fraction of sp³-hybridized carbons (Fsp3) is 0. The number of nitrogens with zero attached hydrogens (tertiary/aromatic N) is 4. The number of aromatic hydroxyl groups is 1. The van der Waals surface area contributed by atoms with Crippen LogP contribution in [0.3, 0.4) is 0 Å². The van der Waals surface area contributed by atoms with Gasteiger partial charge >= 0.3 is 5.56 Å². The molecule has 118 valence electrons. The Balaban J connectivity index is 1.90. The van der Waals surface area contributed by atoms with Crippen molar-refractivity contribution in [1.82, 2.24) is 19.8 Å². The van der Waals surface area contributed by atoms with Crippen LogP contribution < -0.4 is 11.3 Å². The van der Waals surface area contributed by atoms with Crippen LogP contribution >= 0.6 is 11.3 Å². The van der Waals surface area contributed by atoms with E-state index >= 15 is 0 Å². The maximum Gasteiger partial charge on any atom is 0.302 e. The summed E-state index contributed by atoms with van der Waals surface area (Å²) in [4.78, 5) is 13.1. The quantitative estimate of drug-likeness (QED) is 0.543. The van der Waals surface area contributed by atoms with Gasteiger partial charge in [-0.05, 0) is 30.3 Å². The highest BCUT2D eigenvalue weighted by atomic mass is 32.1. The average molecular weight is 337 g/mol. The van der Waals surface area contributed by atoms with E-state index in [1.807, 2.05) is 0 Å². The number of hydrogen-bond acceptors (Lipinski definition) is 7. The number of benzene rings is 2. The van der Waals surface area contributed by atoms with Crippen molar-refractivity contribution in [3.05, 3.63) is 58.9 Å². The van der Waals surface area contributed by atoms with Crippen molar-refractivity contribution in [1.29, 1.82) is 0 Å². The lowest BCUT2D eigenvalue weighted by Gasteiger charge is -2.02. The minimum Gasteiger partial charge on any atom is -0.508 e. The van der Waals surface area contributed by atoms with Crippen molar-refractivity contribution in [2.45, 2.75) is 0 Å². The van der Waals surface area contributed by atoms with Gasteiger partial charge in [-0.25, -0.2) is 0 Å². The smallest absolute Gasteiger partial charge is 0.302 e. The summed E-state index contributed by atoms with van der Waals surface area (Å²) in [5.74, 6) is 0.165. The number of hydrogen-bond donors (Lipinski definition) is 2. The summed E-state index contributed by atoms with van der Waals surface area (Å²) in [5, 5.41) is 22.4. The highest BCUT2D eigenvalue weighted by Gasteiger charge is 2.15. The Labute approximate surface area is 139 Å². The molecule has 0 bridgehead atoms. The third kappa shape index (κ3) is 2.29. The Hall–Kier alpha value is -3.26. The molecule has 2 heterocycles. The molecule has 0 aliphatic rings. The molecule has 0 radical (unpaired) electrons. The van der Waals surface area contributed by atoms with Crippen LogP contribution in [0.5, 0.6) is 5.75 Å². The summed E-state index contributed by atoms with van der Waals surface area (Å²) in [6.07, 6.45) is 0. The van der Waals surface area contributed by atoms with Gasteiger partial charge in [0.25, 0.3) is 0 Å². The van der Waals surface area contributed by atoms with Crippen molar-refractivity contribution >= 4 is 22.0 Å². The number of nitrogen functional groups attached to an aromatic ring is 1. The van der Waals surface area contributed by atoms with Crippen LogP contribution in [0.1, 0.15) is 0 Å². The van der Waals surface area contributed by atoms with Crippen molar-refractivity contribution in [2.75, 3.05) is 5.73 Å². The predicted octanol–water partition coefficient (Wildman–Crippen LogP) is 2.17. The highest BCUT2D eigenvalue weighted by Crippen LogP contribution is 2.26. The third-order valence-corrected chi connectivity index (χ3v) is 4.47. The van der Waals surface area contributed by atoms with Gasteiger partial charge in [0.15, 0.2) is 5.69 Å². The van der Waals surface area contributed by atoms with Crippen LogP contribution in [0, 0.1) is 0 Å². The number of phenolic OH excluding ortho intramolecular Hbond substituents is 1. The van der Waals surface area contributed by atoms with Crippen molar-refractivity contribution < 1.29 is 5.11 Å². The molecule has 0 spiro atoms. The number of aromatic nitrogens is 4. The molecule has 4 rings (SSSR count). The molecule has 0 aliphatic heterocycles. The first-order valence-corrected chi connectivity index (χ1v) is 7.86. The summed E-state index contributed by atoms with van der Waals surface area (Å²) in [7, 11) is 0. The standard InChI is InChI=1S/C16H11N5O2S/c17-12-4-2-1-3-11(12)13-15(23)21-16(19-18-13)24-14(20-21)9-5-7-10(22)8-6-9/h1-8,22H,17H2. The molecule has 0 saturated carbocycles. The Morgan fingerprint density at radius 3 is 2.54 bits per heavy atom. The normalized spacial score (nSPS) is 11.0. The molecule has 8 heteroatoms. The molecule has 4 aromatic rings. The van der Waals surface area contributed by atoms with Crippen LogP contribution in [0.2, 0.25) is 0 Å². The van der Waals surface area contributed by atoms with Crippen molar-refractivity contribution in [2.24, 2.45) is 0 Å². The molecular weight excluding hydrogens is 326 g/mol. The van der Waals surface area contributed by atoms with Gasteiger partial charge in [0.05, 0.1) is 0 Å². The minimum atomic E-state index is -0.376. The Morgan fingerprint density at radius 2 is 1.79 bits per heavy atom. The van der Waals surface area contributed by atoms with E-state index in [0.717, 1.165) is 5.56 Å². The molecule has 0 unspecified atom stereocenters. The van der Waals surface area contributed by atoms with Crippen LogP contribution in [0.4, 0.5) is 5.69 Å². The van der Waals surface area contributed by atoms with Gasteiger partial charge in [0, 0.05) is 16.8 Å². The number of phenols is 1. The van der Waals surface area contributed by atoms with E-state index in [2.05, 4.69) is 15.3 Å². The monoisotopic (exact) mass is 337 g/mol. The Kier molecular flexibility index (Phi) is 3.24. The second-order valence-corrected chi connectivity index (χ2v) is 6.05. The van der Waals surface area contributed by atoms with Gasteiger partial charge in [-0.3, -0.25) is 4.79 Å². The largest absolute Gasteiger partial charge is 0.508 e. The fourth-order valence-electron chi connectivity index (χ4n) is 2.32. The third-order valence-electron chi connectivity index (χ3n) is 3.52. The maximum absolute atomic E-state index is 12.7. The van der Waals surface area contributed by atoms with Gasteiger partial charge in [-0.15, -0.1) is 10.2 Å². The molecule has 0 atom stereocenters. The molecule has 0 fully saturated rings. The van der Waals surface area contributed by atoms with Crippen molar-refractivity contribution in [3.8, 4) is 27.6 Å². The molecule has 3 N–H and O–H groups in total. The highest BCUT2D eigenvalue weighted by molar-refractivity contribution is 7.19. The summed E-state index contributed by atoms with van der Waals surface area (Å²) < 4.78 is 1.22. The number of fused-ring (bicyclic) bond motifs is 1. The van der Waals surface area contributed by atoms with E-state index in [9.17, 15) is 9.90 Å². The fourth-order valence-corrected chi connectivity index (χ4v) is 3.16. The number of anilines is 1. The second kappa shape index (κ2) is 5.43. The molecule has 0 aliphatic carbocycles. The number of rotatable bonds is 2. The van der Waals surface area contributed by atoms with E-state index in [0.29, 0.717) is 21.2 Å². The number of para-hydroxylation sites is 1. The van der Waals surface area contributed by atoms with Gasteiger partial charge in [-0.2, -0.15) is 9.61 Å². The van der Waals surface area contributed by atoms with E-state index in [-0.39, 0.29) is 17.0 Å². The van der Waals surface area contributed by atoms with E-state index in [1.165, 1.54) is 15.9 Å². The molecule has 7 nitrogen and oxygen atoms in total. The Bertz CT molecular complexity index is 1100. The molecule has 2 aromatic heterocycles. The van der Waals surface area contributed by atoms with Crippen LogP contribution in [-0.2, 0) is 0 Å². The second-order valence-electron chi connectivity index (χ2n) is 5.09. The molecule has 0 saturated heterocycles. The van der Waals surface area contributed by atoms with Crippen LogP contribution in [0.25, 0.3) is 26.8 Å². The van der Waals surface area contributed by atoms with E-state index < -0.39 is 0 Å². The molecule has 0 amide bonds. The first kappa shape index (κ1) is 14.3. The van der Waals surface area contributed by atoms with Gasteiger partial charge < -0.3 is 10.8 Å². The van der Waals surface area contributed by atoms with Crippen molar-refractivity contribution in [3.63, 3.8) is 0 Å². The molecular formula is C16H11N5O2S. The summed E-state index contributed by atoms with van der Waals surface area (Å²) in [6.45, 7) is 0. The summed E-state index contributed by atoms with van der Waals surface area (Å²) in [6, 6.07) is 13.6. The molecule has 2 aromatic carbocycles. The van der Waals surface area contributed by atoms with E-state index in [4.69, 9.17) is 5.73 Å². The lowest BCUT2D eigenvalue weighted by atomic mass is 10.1. The van der Waals surface area contributed by atoms with Crippen LogP contribution in [-0.4, -0.2) is 24.9 Å². The zero-order valence-electron chi connectivity index (χ0n) is 12.2. The summed E-state index contributed by atoms with van der Waals surface area (Å²) in [5.41, 5.74) is 7.47.